The monoisotopic (exact) mass is 426 g/mol. The van der Waals surface area contributed by atoms with Gasteiger partial charge in [-0.25, -0.2) is 0 Å². The van der Waals surface area contributed by atoms with Crippen LogP contribution in [0.5, 0.6) is 17.2 Å². The molecule has 1 fully saturated rings. The zero-order chi connectivity index (χ0) is 21.1. The zero-order valence-electron chi connectivity index (χ0n) is 17.5. The van der Waals surface area contributed by atoms with Crippen molar-refractivity contribution in [3.63, 3.8) is 0 Å². The number of hydrogen-bond acceptors (Lipinski definition) is 6. The van der Waals surface area contributed by atoms with Crippen LogP contribution in [0.2, 0.25) is 0 Å². The first-order valence-corrected chi connectivity index (χ1v) is 10.8. The van der Waals surface area contributed by atoms with Crippen LogP contribution < -0.4 is 14.2 Å². The van der Waals surface area contributed by atoms with E-state index in [1.165, 1.54) is 15.6 Å². The zero-order valence-corrected chi connectivity index (χ0v) is 18.3. The van der Waals surface area contributed by atoms with E-state index in [2.05, 4.69) is 34.5 Å². The van der Waals surface area contributed by atoms with Crippen molar-refractivity contribution in [2.24, 2.45) is 0 Å². The maximum absolute atomic E-state index is 13.1. The van der Waals surface area contributed by atoms with Crippen LogP contribution >= 0.6 is 11.3 Å². The summed E-state index contributed by atoms with van der Waals surface area (Å²) in [5.74, 6) is 1.45. The van der Waals surface area contributed by atoms with Gasteiger partial charge in [0.25, 0.3) is 5.91 Å². The largest absolute Gasteiger partial charge is 0.493 e. The average Bonchev–Trinajstić information content (AvgIpc) is 3.20. The summed E-state index contributed by atoms with van der Waals surface area (Å²) in [5.41, 5.74) is 1.90. The van der Waals surface area contributed by atoms with Gasteiger partial charge in [0.2, 0.25) is 5.75 Å². The van der Waals surface area contributed by atoms with Crippen LogP contribution in [-0.2, 0) is 6.54 Å². The van der Waals surface area contributed by atoms with Gasteiger partial charge >= 0.3 is 0 Å². The van der Waals surface area contributed by atoms with Crippen molar-refractivity contribution in [1.29, 1.82) is 0 Å². The summed E-state index contributed by atoms with van der Waals surface area (Å²) in [6.45, 7) is 3.99. The summed E-state index contributed by atoms with van der Waals surface area (Å²) in [6, 6.07) is 12.0. The number of hydrogen-bond donors (Lipinski definition) is 0. The molecule has 0 bridgehead atoms. The van der Waals surface area contributed by atoms with E-state index < -0.39 is 0 Å². The van der Waals surface area contributed by atoms with Crippen LogP contribution in [0.25, 0.3) is 10.1 Å². The fraction of sp³-hybridized carbons (Fsp3) is 0.348. The number of carbonyl (C=O) groups is 1. The van der Waals surface area contributed by atoms with E-state index in [9.17, 15) is 4.79 Å². The molecule has 2 aromatic carbocycles. The lowest BCUT2D eigenvalue weighted by molar-refractivity contribution is 0.0628. The van der Waals surface area contributed by atoms with Crippen molar-refractivity contribution in [2.75, 3.05) is 47.5 Å². The van der Waals surface area contributed by atoms with Gasteiger partial charge in [0, 0.05) is 43.0 Å². The minimum Gasteiger partial charge on any atom is -0.493 e. The lowest BCUT2D eigenvalue weighted by Gasteiger charge is -2.34. The molecule has 30 heavy (non-hydrogen) atoms. The molecular weight excluding hydrogens is 400 g/mol. The highest BCUT2D eigenvalue weighted by Crippen LogP contribution is 2.38. The summed E-state index contributed by atoms with van der Waals surface area (Å²) in [6.07, 6.45) is 0. The predicted molar refractivity (Wildman–Crippen MR) is 119 cm³/mol. The van der Waals surface area contributed by atoms with Crippen LogP contribution in [0.3, 0.4) is 0 Å². The fourth-order valence-electron chi connectivity index (χ4n) is 3.89. The van der Waals surface area contributed by atoms with Crippen molar-refractivity contribution in [3.05, 3.63) is 52.9 Å². The first-order valence-electron chi connectivity index (χ1n) is 9.91. The third-order valence-electron chi connectivity index (χ3n) is 5.53. The highest BCUT2D eigenvalue weighted by atomic mass is 32.1. The summed E-state index contributed by atoms with van der Waals surface area (Å²) >= 11 is 1.79. The highest BCUT2D eigenvalue weighted by molar-refractivity contribution is 7.17. The van der Waals surface area contributed by atoms with Gasteiger partial charge in [0.15, 0.2) is 11.5 Å². The Morgan fingerprint density at radius 1 is 0.967 bits per heavy atom. The van der Waals surface area contributed by atoms with E-state index in [4.69, 9.17) is 14.2 Å². The first-order chi connectivity index (χ1) is 14.6. The lowest BCUT2D eigenvalue weighted by Crippen LogP contribution is -2.48. The van der Waals surface area contributed by atoms with Gasteiger partial charge in [0.1, 0.15) is 0 Å². The van der Waals surface area contributed by atoms with Crippen LogP contribution in [0, 0.1) is 0 Å². The number of ether oxygens (including phenoxy) is 3. The molecule has 0 atom stereocenters. The van der Waals surface area contributed by atoms with E-state index in [1.807, 2.05) is 4.90 Å². The normalized spacial score (nSPS) is 14.7. The molecule has 0 spiro atoms. The van der Waals surface area contributed by atoms with Gasteiger partial charge in [-0.3, -0.25) is 9.69 Å². The smallest absolute Gasteiger partial charge is 0.254 e. The maximum Gasteiger partial charge on any atom is 0.254 e. The molecule has 1 amide bonds. The molecule has 0 aliphatic carbocycles. The van der Waals surface area contributed by atoms with E-state index in [0.717, 1.165) is 19.6 Å². The molecule has 0 saturated carbocycles. The molecule has 7 heteroatoms. The topological polar surface area (TPSA) is 51.2 Å². The Kier molecular flexibility index (Phi) is 6.11. The molecule has 1 aromatic heterocycles. The lowest BCUT2D eigenvalue weighted by atomic mass is 10.1. The number of thiophene rings is 1. The Morgan fingerprint density at radius 2 is 1.63 bits per heavy atom. The second-order valence-electron chi connectivity index (χ2n) is 7.24. The van der Waals surface area contributed by atoms with Gasteiger partial charge < -0.3 is 19.1 Å². The number of fused-ring (bicyclic) bond motifs is 1. The minimum atomic E-state index is -0.0186. The molecule has 1 saturated heterocycles. The second kappa shape index (κ2) is 8.93. The standard InChI is InChI=1S/C23H26N2O4S/c1-27-19-12-16(13-20(28-2)22(19)29-3)23(26)25-10-8-24(9-11-25)14-17-15-30-21-7-5-4-6-18(17)21/h4-7,12-13,15H,8-11,14H2,1-3H3. The summed E-state index contributed by atoms with van der Waals surface area (Å²) < 4.78 is 17.4. The molecule has 0 radical (unpaired) electrons. The Hall–Kier alpha value is -2.77. The maximum atomic E-state index is 13.1. The molecule has 1 aliphatic heterocycles. The van der Waals surface area contributed by atoms with Gasteiger partial charge in [-0.15, -0.1) is 11.3 Å². The number of carbonyl (C=O) groups excluding carboxylic acids is 1. The number of amides is 1. The van der Waals surface area contributed by atoms with Crippen molar-refractivity contribution >= 4 is 27.3 Å². The highest BCUT2D eigenvalue weighted by Gasteiger charge is 2.25. The second-order valence-corrected chi connectivity index (χ2v) is 8.15. The predicted octanol–water partition coefficient (Wildman–Crippen LogP) is 3.89. The number of methoxy groups -OCH3 is 3. The molecule has 4 rings (SSSR count). The van der Waals surface area contributed by atoms with Crippen molar-refractivity contribution < 1.29 is 19.0 Å². The Morgan fingerprint density at radius 3 is 2.27 bits per heavy atom. The van der Waals surface area contributed by atoms with E-state index in [0.29, 0.717) is 35.9 Å². The fourth-order valence-corrected chi connectivity index (χ4v) is 4.85. The molecular formula is C23H26N2O4S. The quantitative estimate of drug-likeness (QED) is 0.599. The first kappa shape index (κ1) is 20.5. The number of benzene rings is 2. The molecule has 0 N–H and O–H groups in total. The summed E-state index contributed by atoms with van der Waals surface area (Å²) in [5, 5.41) is 3.58. The van der Waals surface area contributed by atoms with Gasteiger partial charge in [-0.2, -0.15) is 0 Å². The third kappa shape index (κ3) is 3.95. The van der Waals surface area contributed by atoms with E-state index in [1.54, 1.807) is 44.8 Å². The minimum absolute atomic E-state index is 0.0186. The molecule has 0 unspecified atom stereocenters. The van der Waals surface area contributed by atoms with Gasteiger partial charge in [-0.1, -0.05) is 18.2 Å². The number of nitrogens with zero attached hydrogens (tertiary/aromatic N) is 2. The molecule has 1 aliphatic rings. The molecule has 2 heterocycles. The molecule has 158 valence electrons. The SMILES string of the molecule is COc1cc(C(=O)N2CCN(Cc3csc4ccccc34)CC2)cc(OC)c1OC. The van der Waals surface area contributed by atoms with Crippen LogP contribution in [-0.4, -0.2) is 63.2 Å². The van der Waals surface area contributed by atoms with Gasteiger partial charge in [-0.05, 0) is 34.5 Å². The Balaban J connectivity index is 1.43. The van der Waals surface area contributed by atoms with E-state index in [-0.39, 0.29) is 5.91 Å². The Labute approximate surface area is 180 Å². The third-order valence-corrected chi connectivity index (χ3v) is 6.54. The van der Waals surface area contributed by atoms with Crippen LogP contribution in [0.15, 0.2) is 41.8 Å². The number of piperazine rings is 1. The number of rotatable bonds is 6. The summed E-state index contributed by atoms with van der Waals surface area (Å²) in [4.78, 5) is 17.4. The van der Waals surface area contributed by atoms with Crippen molar-refractivity contribution in [2.45, 2.75) is 6.54 Å². The summed E-state index contributed by atoms with van der Waals surface area (Å²) in [7, 11) is 4.66. The molecule has 6 nitrogen and oxygen atoms in total. The van der Waals surface area contributed by atoms with Crippen molar-refractivity contribution in [3.8, 4) is 17.2 Å². The van der Waals surface area contributed by atoms with E-state index >= 15 is 0 Å². The van der Waals surface area contributed by atoms with Crippen LogP contribution in [0.1, 0.15) is 15.9 Å². The van der Waals surface area contributed by atoms with Crippen molar-refractivity contribution in [1.82, 2.24) is 9.80 Å². The average molecular weight is 427 g/mol. The van der Waals surface area contributed by atoms with Gasteiger partial charge in [0.05, 0.1) is 21.3 Å². The Bertz CT molecular complexity index is 1020. The van der Waals surface area contributed by atoms with Crippen LogP contribution in [0.4, 0.5) is 0 Å². The molecule has 3 aromatic rings.